The summed E-state index contributed by atoms with van der Waals surface area (Å²) in [5, 5.41) is 0. The molecule has 1 aliphatic heterocycles. The number of methoxy groups -OCH3 is 1. The Morgan fingerprint density at radius 2 is 2.00 bits per heavy atom. The molecule has 19 heavy (non-hydrogen) atoms. The standard InChI is InChI=1S/C14H22N4O/c1-19-12-13(15)16-9-17-14(12)18-8-4-6-10-5-2-3-7-11(10)18/h9-11H,2-8H2,1H3,(H2,15,16,17). The Morgan fingerprint density at radius 3 is 2.84 bits per heavy atom. The van der Waals surface area contributed by atoms with Crippen molar-refractivity contribution >= 4 is 11.6 Å². The Hall–Kier alpha value is -1.52. The first-order valence-corrected chi connectivity index (χ1v) is 7.22. The number of hydrogen-bond acceptors (Lipinski definition) is 5. The van der Waals surface area contributed by atoms with E-state index in [-0.39, 0.29) is 0 Å². The molecule has 2 unspecified atom stereocenters. The second-order valence-corrected chi connectivity index (χ2v) is 5.56. The second-order valence-electron chi connectivity index (χ2n) is 5.56. The normalized spacial score (nSPS) is 26.9. The second kappa shape index (κ2) is 5.23. The lowest BCUT2D eigenvalue weighted by Gasteiger charge is -2.45. The number of nitrogens with two attached hydrogens (primary N) is 1. The molecule has 5 heteroatoms. The quantitative estimate of drug-likeness (QED) is 0.885. The highest BCUT2D eigenvalue weighted by molar-refractivity contribution is 5.63. The Kier molecular flexibility index (Phi) is 3.44. The summed E-state index contributed by atoms with van der Waals surface area (Å²) < 4.78 is 5.42. The lowest BCUT2D eigenvalue weighted by atomic mass is 9.78. The van der Waals surface area contributed by atoms with Crippen LogP contribution in [0.1, 0.15) is 38.5 Å². The van der Waals surface area contributed by atoms with Crippen molar-refractivity contribution in [1.29, 1.82) is 0 Å². The Bertz CT molecular complexity index is 449. The van der Waals surface area contributed by atoms with E-state index in [1.165, 1.54) is 38.5 Å². The highest BCUT2D eigenvalue weighted by Gasteiger charge is 2.35. The van der Waals surface area contributed by atoms with Crippen LogP contribution in [0.5, 0.6) is 5.75 Å². The van der Waals surface area contributed by atoms with E-state index in [0.29, 0.717) is 17.6 Å². The molecule has 2 N–H and O–H groups in total. The zero-order valence-corrected chi connectivity index (χ0v) is 11.5. The van der Waals surface area contributed by atoms with Gasteiger partial charge in [0, 0.05) is 12.6 Å². The fourth-order valence-corrected chi connectivity index (χ4v) is 3.67. The number of ether oxygens (including phenoxy) is 1. The van der Waals surface area contributed by atoms with Gasteiger partial charge in [0.25, 0.3) is 0 Å². The zero-order valence-electron chi connectivity index (χ0n) is 11.5. The van der Waals surface area contributed by atoms with E-state index >= 15 is 0 Å². The summed E-state index contributed by atoms with van der Waals surface area (Å²) in [4.78, 5) is 10.9. The van der Waals surface area contributed by atoms with Gasteiger partial charge in [0.05, 0.1) is 7.11 Å². The van der Waals surface area contributed by atoms with Gasteiger partial charge in [-0.1, -0.05) is 12.8 Å². The van der Waals surface area contributed by atoms with Gasteiger partial charge in [-0.3, -0.25) is 0 Å². The summed E-state index contributed by atoms with van der Waals surface area (Å²) in [5.74, 6) is 2.76. The molecule has 104 valence electrons. The molecule has 1 aromatic heterocycles. The number of hydrogen-bond donors (Lipinski definition) is 1. The largest absolute Gasteiger partial charge is 0.490 e. The SMILES string of the molecule is COc1c(N)ncnc1N1CCCC2CCCCC21. The van der Waals surface area contributed by atoms with Crippen LogP contribution in [0.3, 0.4) is 0 Å². The average molecular weight is 262 g/mol. The topological polar surface area (TPSA) is 64.3 Å². The fourth-order valence-electron chi connectivity index (χ4n) is 3.67. The minimum absolute atomic E-state index is 0.436. The molecule has 0 spiro atoms. The van der Waals surface area contributed by atoms with E-state index in [9.17, 15) is 0 Å². The summed E-state index contributed by atoms with van der Waals surface area (Å²) in [6, 6.07) is 0.602. The van der Waals surface area contributed by atoms with Crippen LogP contribution >= 0.6 is 0 Å². The predicted octanol–water partition coefficient (Wildman–Crippen LogP) is 2.23. The van der Waals surface area contributed by atoms with Crippen molar-refractivity contribution in [3.63, 3.8) is 0 Å². The van der Waals surface area contributed by atoms with Gasteiger partial charge in [-0.2, -0.15) is 0 Å². The van der Waals surface area contributed by atoms with Crippen LogP contribution in [-0.4, -0.2) is 29.7 Å². The summed E-state index contributed by atoms with van der Waals surface area (Å²) in [6.45, 7) is 1.05. The van der Waals surface area contributed by atoms with Gasteiger partial charge in [0.15, 0.2) is 11.6 Å². The Labute approximate surface area is 114 Å². The molecule has 0 aromatic carbocycles. The van der Waals surface area contributed by atoms with Crippen LogP contribution in [0.4, 0.5) is 11.6 Å². The highest BCUT2D eigenvalue weighted by atomic mass is 16.5. The lowest BCUT2D eigenvalue weighted by Crippen LogP contribution is -2.47. The van der Waals surface area contributed by atoms with E-state index in [1.807, 2.05) is 0 Å². The maximum absolute atomic E-state index is 5.90. The molecule has 0 amide bonds. The average Bonchev–Trinajstić information content (AvgIpc) is 2.46. The number of nitrogen functional groups attached to an aromatic ring is 1. The molecular formula is C14H22N4O. The van der Waals surface area contributed by atoms with Crippen LogP contribution in [-0.2, 0) is 0 Å². The van der Waals surface area contributed by atoms with E-state index in [2.05, 4.69) is 14.9 Å². The number of rotatable bonds is 2. The molecule has 5 nitrogen and oxygen atoms in total. The number of anilines is 2. The number of aromatic nitrogens is 2. The van der Waals surface area contributed by atoms with Crippen LogP contribution in [0.25, 0.3) is 0 Å². The monoisotopic (exact) mass is 262 g/mol. The van der Waals surface area contributed by atoms with Gasteiger partial charge in [-0.05, 0) is 31.6 Å². The predicted molar refractivity (Wildman–Crippen MR) is 75.3 cm³/mol. The van der Waals surface area contributed by atoms with Crippen LogP contribution < -0.4 is 15.4 Å². The maximum Gasteiger partial charge on any atom is 0.204 e. The molecule has 2 atom stereocenters. The summed E-state index contributed by atoms with van der Waals surface area (Å²) in [6.07, 6.45) is 9.43. The van der Waals surface area contributed by atoms with Crippen molar-refractivity contribution < 1.29 is 4.74 Å². The van der Waals surface area contributed by atoms with Gasteiger partial charge in [0.2, 0.25) is 5.75 Å². The fraction of sp³-hybridized carbons (Fsp3) is 0.714. The number of nitrogens with zero attached hydrogens (tertiary/aromatic N) is 3. The molecule has 1 aromatic rings. The minimum Gasteiger partial charge on any atom is -0.490 e. The third kappa shape index (κ3) is 2.22. The van der Waals surface area contributed by atoms with Crippen molar-refractivity contribution in [1.82, 2.24) is 9.97 Å². The van der Waals surface area contributed by atoms with Crippen molar-refractivity contribution in [2.45, 2.75) is 44.6 Å². The molecule has 0 bridgehead atoms. The Balaban J connectivity index is 1.94. The molecule has 1 aliphatic carbocycles. The molecule has 1 saturated carbocycles. The number of fused-ring (bicyclic) bond motifs is 1. The van der Waals surface area contributed by atoms with Crippen molar-refractivity contribution in [2.24, 2.45) is 5.92 Å². The van der Waals surface area contributed by atoms with Gasteiger partial charge in [0.1, 0.15) is 6.33 Å². The van der Waals surface area contributed by atoms with Crippen molar-refractivity contribution in [3.8, 4) is 5.75 Å². The molecule has 2 fully saturated rings. The van der Waals surface area contributed by atoms with E-state index in [4.69, 9.17) is 10.5 Å². The first kappa shape index (κ1) is 12.5. The van der Waals surface area contributed by atoms with Crippen molar-refractivity contribution in [3.05, 3.63) is 6.33 Å². The number of piperidine rings is 1. The molecule has 0 radical (unpaired) electrons. The van der Waals surface area contributed by atoms with E-state index < -0.39 is 0 Å². The summed E-state index contributed by atoms with van der Waals surface area (Å²) in [5.41, 5.74) is 5.90. The van der Waals surface area contributed by atoms with E-state index in [1.54, 1.807) is 13.4 Å². The lowest BCUT2D eigenvalue weighted by molar-refractivity contribution is 0.241. The third-order valence-electron chi connectivity index (χ3n) is 4.53. The highest BCUT2D eigenvalue weighted by Crippen LogP contribution is 2.40. The van der Waals surface area contributed by atoms with Gasteiger partial charge in [-0.25, -0.2) is 9.97 Å². The summed E-state index contributed by atoms with van der Waals surface area (Å²) >= 11 is 0. The molecular weight excluding hydrogens is 240 g/mol. The first-order valence-electron chi connectivity index (χ1n) is 7.22. The maximum atomic E-state index is 5.90. The van der Waals surface area contributed by atoms with Gasteiger partial charge >= 0.3 is 0 Å². The third-order valence-corrected chi connectivity index (χ3v) is 4.53. The summed E-state index contributed by atoms with van der Waals surface area (Å²) in [7, 11) is 1.64. The van der Waals surface area contributed by atoms with Crippen LogP contribution in [0.15, 0.2) is 6.33 Å². The molecule has 2 aliphatic rings. The zero-order chi connectivity index (χ0) is 13.2. The molecule has 2 heterocycles. The van der Waals surface area contributed by atoms with Crippen LogP contribution in [0.2, 0.25) is 0 Å². The molecule has 3 rings (SSSR count). The first-order chi connectivity index (χ1) is 9.31. The van der Waals surface area contributed by atoms with E-state index in [0.717, 1.165) is 18.3 Å². The van der Waals surface area contributed by atoms with Gasteiger partial charge in [-0.15, -0.1) is 0 Å². The van der Waals surface area contributed by atoms with Crippen molar-refractivity contribution in [2.75, 3.05) is 24.3 Å². The smallest absolute Gasteiger partial charge is 0.204 e. The van der Waals surface area contributed by atoms with Gasteiger partial charge < -0.3 is 15.4 Å². The molecule has 1 saturated heterocycles. The van der Waals surface area contributed by atoms with Crippen LogP contribution in [0, 0.1) is 5.92 Å². The minimum atomic E-state index is 0.436. The Morgan fingerprint density at radius 1 is 1.21 bits per heavy atom.